The monoisotopic (exact) mass is 464 g/mol. The highest BCUT2D eigenvalue weighted by atomic mass is 35.5. The number of halogens is 3. The average Bonchev–Trinajstić information content (AvgIpc) is 3.16. The number of amides is 1. The lowest BCUT2D eigenvalue weighted by Gasteiger charge is -2.30. The Morgan fingerprint density at radius 3 is 2.60 bits per heavy atom. The SMILES string of the molecule is O=C(Nc1cccc(Cl)c1)C1CCN(Cc2nc(-c3ccc(Cl)cc3Cl)no2)CC1. The summed E-state index contributed by atoms with van der Waals surface area (Å²) in [6, 6.07) is 12.3. The van der Waals surface area contributed by atoms with Crippen molar-refractivity contribution >= 4 is 46.4 Å². The van der Waals surface area contributed by atoms with Crippen molar-refractivity contribution < 1.29 is 9.32 Å². The third-order valence-electron chi connectivity index (χ3n) is 5.05. The summed E-state index contributed by atoms with van der Waals surface area (Å²) >= 11 is 18.1. The summed E-state index contributed by atoms with van der Waals surface area (Å²) in [5.41, 5.74) is 1.39. The zero-order chi connectivity index (χ0) is 21.1. The van der Waals surface area contributed by atoms with E-state index < -0.39 is 0 Å². The first-order valence-corrected chi connectivity index (χ1v) is 10.7. The second kappa shape index (κ2) is 9.35. The zero-order valence-electron chi connectivity index (χ0n) is 15.9. The van der Waals surface area contributed by atoms with Crippen LogP contribution in [0.25, 0.3) is 11.4 Å². The van der Waals surface area contributed by atoms with Gasteiger partial charge in [0.15, 0.2) is 0 Å². The van der Waals surface area contributed by atoms with E-state index in [2.05, 4.69) is 20.4 Å². The van der Waals surface area contributed by atoms with Crippen molar-refractivity contribution in [3.05, 3.63) is 63.4 Å². The molecular weight excluding hydrogens is 447 g/mol. The van der Waals surface area contributed by atoms with Crippen molar-refractivity contribution in [2.75, 3.05) is 18.4 Å². The maximum absolute atomic E-state index is 12.5. The standard InChI is InChI=1S/C21H19Cl3N4O2/c22-14-2-1-3-16(10-14)25-21(29)13-6-8-28(9-7-13)12-19-26-20(27-30-19)17-5-4-15(23)11-18(17)24/h1-5,10-11,13H,6-9,12H2,(H,25,29). The third-order valence-corrected chi connectivity index (χ3v) is 5.83. The Bertz CT molecular complexity index is 1050. The van der Waals surface area contributed by atoms with E-state index in [0.717, 1.165) is 25.9 Å². The summed E-state index contributed by atoms with van der Waals surface area (Å²) in [5, 5.41) is 8.59. The topological polar surface area (TPSA) is 71.3 Å². The molecule has 1 aliphatic rings. The number of hydrogen-bond acceptors (Lipinski definition) is 5. The van der Waals surface area contributed by atoms with Crippen LogP contribution in [0.4, 0.5) is 5.69 Å². The van der Waals surface area contributed by atoms with Crippen LogP contribution in [0.2, 0.25) is 15.1 Å². The molecule has 156 valence electrons. The summed E-state index contributed by atoms with van der Waals surface area (Å²) in [7, 11) is 0. The maximum atomic E-state index is 12.5. The number of hydrogen-bond donors (Lipinski definition) is 1. The van der Waals surface area contributed by atoms with E-state index in [-0.39, 0.29) is 11.8 Å². The van der Waals surface area contributed by atoms with Crippen LogP contribution in [-0.4, -0.2) is 34.0 Å². The highest BCUT2D eigenvalue weighted by Crippen LogP contribution is 2.29. The largest absolute Gasteiger partial charge is 0.338 e. The average molecular weight is 466 g/mol. The molecular formula is C21H19Cl3N4O2. The van der Waals surface area contributed by atoms with Gasteiger partial charge in [-0.1, -0.05) is 46.0 Å². The van der Waals surface area contributed by atoms with E-state index in [0.29, 0.717) is 44.6 Å². The van der Waals surface area contributed by atoms with Crippen molar-refractivity contribution in [2.45, 2.75) is 19.4 Å². The molecule has 1 amide bonds. The molecule has 4 rings (SSSR count). The maximum Gasteiger partial charge on any atom is 0.241 e. The minimum Gasteiger partial charge on any atom is -0.338 e. The highest BCUT2D eigenvalue weighted by Gasteiger charge is 2.26. The van der Waals surface area contributed by atoms with Crippen molar-refractivity contribution in [3.63, 3.8) is 0 Å². The van der Waals surface area contributed by atoms with Gasteiger partial charge in [-0.05, 0) is 62.3 Å². The van der Waals surface area contributed by atoms with Gasteiger partial charge in [0, 0.05) is 27.2 Å². The number of benzene rings is 2. The molecule has 9 heteroatoms. The third kappa shape index (κ3) is 5.13. The Hall–Kier alpha value is -2.12. The normalized spacial score (nSPS) is 15.3. The van der Waals surface area contributed by atoms with Crippen molar-refractivity contribution in [3.8, 4) is 11.4 Å². The Kier molecular flexibility index (Phi) is 6.58. The van der Waals surface area contributed by atoms with Crippen LogP contribution in [0.1, 0.15) is 18.7 Å². The highest BCUT2D eigenvalue weighted by molar-refractivity contribution is 6.36. The summed E-state index contributed by atoms with van der Waals surface area (Å²) in [6.07, 6.45) is 1.52. The van der Waals surface area contributed by atoms with Gasteiger partial charge in [-0.2, -0.15) is 4.98 Å². The summed E-state index contributed by atoms with van der Waals surface area (Å²) in [4.78, 5) is 19.2. The van der Waals surface area contributed by atoms with Gasteiger partial charge in [0.25, 0.3) is 0 Å². The molecule has 0 atom stereocenters. The number of aromatic nitrogens is 2. The number of nitrogens with zero attached hydrogens (tertiary/aromatic N) is 3. The Labute approximate surface area is 189 Å². The first-order valence-electron chi connectivity index (χ1n) is 9.55. The van der Waals surface area contributed by atoms with Crippen LogP contribution >= 0.6 is 34.8 Å². The molecule has 1 aromatic heterocycles. The van der Waals surface area contributed by atoms with E-state index in [1.165, 1.54) is 0 Å². The molecule has 30 heavy (non-hydrogen) atoms. The minimum atomic E-state index is -0.0358. The first kappa shape index (κ1) is 21.1. The number of carbonyl (C=O) groups excluding carboxylic acids is 1. The van der Waals surface area contributed by atoms with Gasteiger partial charge in [0.1, 0.15) is 0 Å². The second-order valence-electron chi connectivity index (χ2n) is 7.19. The molecule has 0 spiro atoms. The van der Waals surface area contributed by atoms with Crippen LogP contribution in [0.15, 0.2) is 47.0 Å². The van der Waals surface area contributed by atoms with Crippen LogP contribution < -0.4 is 5.32 Å². The Balaban J connectivity index is 1.31. The minimum absolute atomic E-state index is 0.0226. The number of nitrogens with one attached hydrogen (secondary N) is 1. The molecule has 0 unspecified atom stereocenters. The van der Waals surface area contributed by atoms with Crippen LogP contribution in [-0.2, 0) is 11.3 Å². The predicted octanol–water partition coefficient (Wildman–Crippen LogP) is 5.55. The molecule has 1 N–H and O–H groups in total. The lowest BCUT2D eigenvalue weighted by molar-refractivity contribution is -0.121. The summed E-state index contributed by atoms with van der Waals surface area (Å²) < 4.78 is 5.39. The molecule has 1 saturated heterocycles. The van der Waals surface area contributed by atoms with E-state index in [4.69, 9.17) is 39.3 Å². The van der Waals surface area contributed by atoms with Crippen LogP contribution in [0, 0.1) is 5.92 Å². The molecule has 6 nitrogen and oxygen atoms in total. The Morgan fingerprint density at radius 2 is 1.87 bits per heavy atom. The molecule has 0 radical (unpaired) electrons. The predicted molar refractivity (Wildman–Crippen MR) is 118 cm³/mol. The smallest absolute Gasteiger partial charge is 0.241 e. The zero-order valence-corrected chi connectivity index (χ0v) is 18.2. The van der Waals surface area contributed by atoms with Crippen LogP contribution in [0.3, 0.4) is 0 Å². The van der Waals surface area contributed by atoms with Gasteiger partial charge in [-0.25, -0.2) is 0 Å². The molecule has 1 fully saturated rings. The van der Waals surface area contributed by atoms with E-state index >= 15 is 0 Å². The number of likely N-dealkylation sites (tertiary alicyclic amines) is 1. The number of carbonyl (C=O) groups is 1. The quantitative estimate of drug-likeness (QED) is 0.535. The number of piperidine rings is 1. The fourth-order valence-corrected chi connectivity index (χ4v) is 4.14. The number of anilines is 1. The van der Waals surface area contributed by atoms with E-state index in [1.807, 2.05) is 12.1 Å². The van der Waals surface area contributed by atoms with Crippen molar-refractivity contribution in [1.82, 2.24) is 15.0 Å². The van der Waals surface area contributed by atoms with Gasteiger partial charge >= 0.3 is 0 Å². The lowest BCUT2D eigenvalue weighted by atomic mass is 9.96. The molecule has 0 bridgehead atoms. The fourth-order valence-electron chi connectivity index (χ4n) is 3.45. The van der Waals surface area contributed by atoms with Gasteiger partial charge in [0.2, 0.25) is 17.6 Å². The first-order chi connectivity index (χ1) is 14.5. The molecule has 1 aliphatic heterocycles. The molecule has 3 aromatic rings. The van der Waals surface area contributed by atoms with Crippen LogP contribution in [0.5, 0.6) is 0 Å². The molecule has 2 heterocycles. The summed E-state index contributed by atoms with van der Waals surface area (Å²) in [5.74, 6) is 0.932. The Morgan fingerprint density at radius 1 is 1.10 bits per heavy atom. The molecule has 0 aliphatic carbocycles. The summed E-state index contributed by atoms with van der Waals surface area (Å²) in [6.45, 7) is 2.07. The van der Waals surface area contributed by atoms with Gasteiger partial charge in [0.05, 0.1) is 11.6 Å². The molecule has 0 saturated carbocycles. The van der Waals surface area contributed by atoms with Crippen molar-refractivity contribution in [2.24, 2.45) is 5.92 Å². The van der Waals surface area contributed by atoms with Gasteiger partial charge in [-0.3, -0.25) is 9.69 Å². The molecule has 2 aromatic carbocycles. The van der Waals surface area contributed by atoms with E-state index in [1.54, 1.807) is 30.3 Å². The lowest BCUT2D eigenvalue weighted by Crippen LogP contribution is -2.37. The fraction of sp³-hybridized carbons (Fsp3) is 0.286. The second-order valence-corrected chi connectivity index (χ2v) is 8.47. The van der Waals surface area contributed by atoms with Gasteiger partial charge < -0.3 is 9.84 Å². The number of rotatable bonds is 5. The van der Waals surface area contributed by atoms with Crippen molar-refractivity contribution in [1.29, 1.82) is 0 Å². The van der Waals surface area contributed by atoms with E-state index in [9.17, 15) is 4.79 Å². The van der Waals surface area contributed by atoms with Gasteiger partial charge in [-0.15, -0.1) is 0 Å².